The van der Waals surface area contributed by atoms with Crippen LogP contribution < -0.4 is 10.6 Å². The van der Waals surface area contributed by atoms with Crippen molar-refractivity contribution in [2.75, 3.05) is 20.1 Å². The van der Waals surface area contributed by atoms with E-state index >= 15 is 0 Å². The zero-order valence-electron chi connectivity index (χ0n) is 17.2. The van der Waals surface area contributed by atoms with E-state index in [1.165, 1.54) is 16.7 Å². The number of guanidine groups is 1. The van der Waals surface area contributed by atoms with E-state index in [0.29, 0.717) is 25.4 Å². The lowest BCUT2D eigenvalue weighted by Gasteiger charge is -2.17. The van der Waals surface area contributed by atoms with E-state index in [0.717, 1.165) is 25.5 Å². The Morgan fingerprint density at radius 2 is 1.76 bits per heavy atom. The smallest absolute Gasteiger partial charge is 0.222 e. The normalized spacial score (nSPS) is 15.0. The van der Waals surface area contributed by atoms with Gasteiger partial charge in [-0.2, -0.15) is 0 Å². The summed E-state index contributed by atoms with van der Waals surface area (Å²) in [4.78, 5) is 18.0. The number of benzene rings is 2. The number of aliphatic imine (C=N–C) groups is 1. The Morgan fingerprint density at radius 1 is 1.07 bits per heavy atom. The number of amides is 1. The summed E-state index contributed by atoms with van der Waals surface area (Å²) in [5.74, 6) is 1.48. The third-order valence-electron chi connectivity index (χ3n) is 5.20. The summed E-state index contributed by atoms with van der Waals surface area (Å²) in [5, 5.41) is 6.76. The van der Waals surface area contributed by atoms with Crippen molar-refractivity contribution in [1.29, 1.82) is 0 Å². The van der Waals surface area contributed by atoms with Crippen LogP contribution in [0.5, 0.6) is 0 Å². The molecule has 2 N–H and O–H groups in total. The molecule has 6 heteroatoms. The lowest BCUT2D eigenvalue weighted by molar-refractivity contribution is -0.128. The Morgan fingerprint density at radius 3 is 2.38 bits per heavy atom. The first kappa shape index (κ1) is 23.2. The van der Waals surface area contributed by atoms with Crippen molar-refractivity contribution in [3.05, 3.63) is 71.3 Å². The number of halogens is 1. The molecule has 0 aliphatic carbocycles. The first-order chi connectivity index (χ1) is 13.7. The second-order valence-electron chi connectivity index (χ2n) is 7.35. The molecule has 1 unspecified atom stereocenters. The number of carbonyl (C=O) groups excluding carboxylic acids is 1. The van der Waals surface area contributed by atoms with Gasteiger partial charge < -0.3 is 15.5 Å². The molecule has 1 fully saturated rings. The molecular weight excluding hydrogens is 475 g/mol. The molecule has 1 amide bonds. The molecule has 5 nitrogen and oxygen atoms in total. The van der Waals surface area contributed by atoms with Gasteiger partial charge in [0.25, 0.3) is 0 Å². The molecule has 29 heavy (non-hydrogen) atoms. The average Bonchev–Trinajstić information content (AvgIpc) is 3.14. The van der Waals surface area contributed by atoms with Crippen LogP contribution in [0.15, 0.2) is 59.6 Å². The zero-order valence-corrected chi connectivity index (χ0v) is 19.6. The Kier molecular flexibility index (Phi) is 9.44. The van der Waals surface area contributed by atoms with Gasteiger partial charge in [0.05, 0.1) is 0 Å². The molecule has 2 aromatic carbocycles. The first-order valence-corrected chi connectivity index (χ1v) is 10.0. The summed E-state index contributed by atoms with van der Waals surface area (Å²) in [5.41, 5.74) is 3.69. The van der Waals surface area contributed by atoms with Gasteiger partial charge in [0.2, 0.25) is 5.91 Å². The van der Waals surface area contributed by atoms with Crippen molar-refractivity contribution in [2.24, 2.45) is 4.99 Å². The van der Waals surface area contributed by atoms with Crippen molar-refractivity contribution >= 4 is 35.8 Å². The van der Waals surface area contributed by atoms with E-state index in [4.69, 9.17) is 0 Å². The SMILES string of the molecule is CN=C(NCc1ccc(CN2CCCC2=O)cc1)NCC(C)c1ccccc1.I. The molecule has 0 spiro atoms. The molecule has 3 rings (SSSR count). The highest BCUT2D eigenvalue weighted by atomic mass is 127. The Hall–Kier alpha value is -2.09. The fourth-order valence-corrected chi connectivity index (χ4v) is 3.41. The molecule has 1 saturated heterocycles. The molecule has 0 aromatic heterocycles. The van der Waals surface area contributed by atoms with E-state index in [-0.39, 0.29) is 29.9 Å². The Bertz CT molecular complexity index is 792. The topological polar surface area (TPSA) is 56.7 Å². The summed E-state index contributed by atoms with van der Waals surface area (Å²) in [6.45, 7) is 5.34. The van der Waals surface area contributed by atoms with E-state index < -0.39 is 0 Å². The van der Waals surface area contributed by atoms with E-state index in [9.17, 15) is 4.79 Å². The predicted molar refractivity (Wildman–Crippen MR) is 130 cm³/mol. The largest absolute Gasteiger partial charge is 0.356 e. The first-order valence-electron chi connectivity index (χ1n) is 10.0. The van der Waals surface area contributed by atoms with Gasteiger partial charge in [-0.05, 0) is 29.0 Å². The highest BCUT2D eigenvalue weighted by Gasteiger charge is 2.19. The summed E-state index contributed by atoms with van der Waals surface area (Å²) in [6.07, 6.45) is 1.67. The minimum Gasteiger partial charge on any atom is -0.356 e. The summed E-state index contributed by atoms with van der Waals surface area (Å²) >= 11 is 0. The van der Waals surface area contributed by atoms with Crippen LogP contribution in [-0.4, -0.2) is 36.9 Å². The van der Waals surface area contributed by atoms with Gasteiger partial charge in [-0.3, -0.25) is 9.79 Å². The molecule has 1 atom stereocenters. The minimum absolute atomic E-state index is 0. The van der Waals surface area contributed by atoms with E-state index in [1.807, 2.05) is 11.0 Å². The molecule has 2 aromatic rings. The van der Waals surface area contributed by atoms with Crippen LogP contribution in [0.1, 0.15) is 42.4 Å². The Balaban J connectivity index is 0.00000300. The fraction of sp³-hybridized carbons (Fsp3) is 0.391. The minimum atomic E-state index is 0. The number of rotatable bonds is 7. The Labute approximate surface area is 191 Å². The molecule has 1 heterocycles. The van der Waals surface area contributed by atoms with Crippen LogP contribution in [0, 0.1) is 0 Å². The maximum Gasteiger partial charge on any atom is 0.222 e. The van der Waals surface area contributed by atoms with Gasteiger partial charge in [0.1, 0.15) is 0 Å². The summed E-state index contributed by atoms with van der Waals surface area (Å²) < 4.78 is 0. The molecular formula is C23H31IN4O. The van der Waals surface area contributed by atoms with E-state index in [2.05, 4.69) is 71.1 Å². The second kappa shape index (κ2) is 11.8. The van der Waals surface area contributed by atoms with Gasteiger partial charge in [0.15, 0.2) is 5.96 Å². The summed E-state index contributed by atoms with van der Waals surface area (Å²) in [7, 11) is 1.79. The fourth-order valence-electron chi connectivity index (χ4n) is 3.41. The number of nitrogens with zero attached hydrogens (tertiary/aromatic N) is 2. The van der Waals surface area contributed by atoms with Gasteiger partial charge in [0, 0.05) is 39.6 Å². The number of carbonyl (C=O) groups is 1. The quantitative estimate of drug-likeness (QED) is 0.341. The van der Waals surface area contributed by atoms with Crippen molar-refractivity contribution < 1.29 is 4.79 Å². The van der Waals surface area contributed by atoms with Crippen molar-refractivity contribution in [3.8, 4) is 0 Å². The summed E-state index contributed by atoms with van der Waals surface area (Å²) in [6, 6.07) is 18.9. The van der Waals surface area contributed by atoms with Crippen LogP contribution >= 0.6 is 24.0 Å². The third-order valence-corrected chi connectivity index (χ3v) is 5.20. The number of likely N-dealkylation sites (tertiary alicyclic amines) is 1. The molecule has 156 valence electrons. The number of hydrogen-bond donors (Lipinski definition) is 2. The van der Waals surface area contributed by atoms with Crippen molar-refractivity contribution in [2.45, 2.75) is 38.8 Å². The van der Waals surface area contributed by atoms with Gasteiger partial charge in [-0.1, -0.05) is 61.5 Å². The standard InChI is InChI=1S/C23H30N4O.HI/c1-18(21-7-4-3-5-8-21)15-25-23(24-2)26-16-19-10-12-20(13-11-19)17-27-14-6-9-22(27)28;/h3-5,7-8,10-13,18H,6,9,14-17H2,1-2H3,(H2,24,25,26);1H. The second-order valence-corrected chi connectivity index (χ2v) is 7.35. The lowest BCUT2D eigenvalue weighted by Crippen LogP contribution is -2.38. The van der Waals surface area contributed by atoms with Crippen LogP contribution in [-0.2, 0) is 17.9 Å². The molecule has 1 aliphatic heterocycles. The lowest BCUT2D eigenvalue weighted by atomic mass is 10.0. The highest BCUT2D eigenvalue weighted by molar-refractivity contribution is 14.0. The van der Waals surface area contributed by atoms with Crippen molar-refractivity contribution in [3.63, 3.8) is 0 Å². The average molecular weight is 506 g/mol. The number of nitrogens with one attached hydrogen (secondary N) is 2. The number of hydrogen-bond acceptors (Lipinski definition) is 2. The van der Waals surface area contributed by atoms with Gasteiger partial charge >= 0.3 is 0 Å². The monoisotopic (exact) mass is 506 g/mol. The zero-order chi connectivity index (χ0) is 19.8. The van der Waals surface area contributed by atoms with E-state index in [1.54, 1.807) is 7.05 Å². The van der Waals surface area contributed by atoms with Crippen LogP contribution in [0.3, 0.4) is 0 Å². The van der Waals surface area contributed by atoms with Crippen LogP contribution in [0.4, 0.5) is 0 Å². The van der Waals surface area contributed by atoms with Gasteiger partial charge in [-0.25, -0.2) is 0 Å². The third kappa shape index (κ3) is 7.03. The predicted octanol–water partition coefficient (Wildman–Crippen LogP) is 3.90. The highest BCUT2D eigenvalue weighted by Crippen LogP contribution is 2.15. The maximum absolute atomic E-state index is 11.8. The molecule has 1 aliphatic rings. The molecule has 0 saturated carbocycles. The molecule has 0 radical (unpaired) electrons. The van der Waals surface area contributed by atoms with Crippen molar-refractivity contribution in [1.82, 2.24) is 15.5 Å². The van der Waals surface area contributed by atoms with Crippen LogP contribution in [0.25, 0.3) is 0 Å². The molecule has 0 bridgehead atoms. The van der Waals surface area contributed by atoms with Gasteiger partial charge in [-0.15, -0.1) is 24.0 Å². The maximum atomic E-state index is 11.8. The van der Waals surface area contributed by atoms with Crippen LogP contribution in [0.2, 0.25) is 0 Å².